The van der Waals surface area contributed by atoms with Crippen molar-refractivity contribution in [1.29, 1.82) is 5.26 Å². The van der Waals surface area contributed by atoms with Crippen LogP contribution in [0.3, 0.4) is 0 Å². The first-order valence-corrected chi connectivity index (χ1v) is 5.65. The van der Waals surface area contributed by atoms with Gasteiger partial charge in [-0.3, -0.25) is 0 Å². The van der Waals surface area contributed by atoms with Crippen LogP contribution in [0.5, 0.6) is 0 Å². The first-order valence-electron chi connectivity index (χ1n) is 5.65. The zero-order valence-electron chi connectivity index (χ0n) is 10.5. The predicted molar refractivity (Wildman–Crippen MR) is 60.1 cm³/mol. The van der Waals surface area contributed by atoms with Gasteiger partial charge >= 0.3 is 5.97 Å². The second-order valence-corrected chi connectivity index (χ2v) is 5.73. The lowest BCUT2D eigenvalue weighted by Crippen LogP contribution is -2.41. The molecule has 0 aliphatic carbocycles. The number of hydrogen-bond donors (Lipinski definition) is 0. The van der Waals surface area contributed by atoms with Gasteiger partial charge in [-0.25, -0.2) is 4.79 Å². The number of nitriles is 1. The third-order valence-corrected chi connectivity index (χ3v) is 2.92. The number of hydrogen-bond acceptors (Lipinski definition) is 4. The van der Waals surface area contributed by atoms with Crippen molar-refractivity contribution in [3.05, 3.63) is 0 Å². The molecule has 4 nitrogen and oxygen atoms in total. The molecule has 1 heterocycles. The van der Waals surface area contributed by atoms with E-state index in [1.807, 2.05) is 27.7 Å². The van der Waals surface area contributed by atoms with Crippen LogP contribution in [0.2, 0.25) is 0 Å². The van der Waals surface area contributed by atoms with Crippen LogP contribution in [-0.4, -0.2) is 24.1 Å². The highest BCUT2D eigenvalue weighted by Crippen LogP contribution is 2.30. The molecule has 0 aromatic rings. The zero-order valence-corrected chi connectivity index (χ0v) is 10.5. The number of rotatable bonds is 1. The molecular weight excluding hydrogens is 204 g/mol. The molecule has 90 valence electrons. The van der Waals surface area contributed by atoms with Gasteiger partial charge in [-0.2, -0.15) is 5.26 Å². The second kappa shape index (κ2) is 4.42. The summed E-state index contributed by atoms with van der Waals surface area (Å²) < 4.78 is 0. The van der Waals surface area contributed by atoms with E-state index in [4.69, 9.17) is 10.1 Å². The Bertz CT molecular complexity index is 304. The third kappa shape index (κ3) is 3.21. The van der Waals surface area contributed by atoms with Crippen molar-refractivity contribution in [3.8, 4) is 6.07 Å². The van der Waals surface area contributed by atoms with E-state index in [2.05, 4.69) is 6.07 Å². The minimum Gasteiger partial charge on any atom is -0.367 e. The highest BCUT2D eigenvalue weighted by Gasteiger charge is 2.33. The molecule has 0 atom stereocenters. The maximum absolute atomic E-state index is 11.6. The third-order valence-electron chi connectivity index (χ3n) is 2.92. The van der Waals surface area contributed by atoms with Crippen LogP contribution >= 0.6 is 0 Å². The van der Waals surface area contributed by atoms with E-state index in [1.54, 1.807) is 5.06 Å². The van der Waals surface area contributed by atoms with Crippen molar-refractivity contribution in [1.82, 2.24) is 5.06 Å². The van der Waals surface area contributed by atoms with Crippen molar-refractivity contribution in [2.24, 2.45) is 10.8 Å². The van der Waals surface area contributed by atoms with Crippen LogP contribution in [0.15, 0.2) is 0 Å². The van der Waals surface area contributed by atoms with Gasteiger partial charge in [0.05, 0.1) is 16.9 Å². The molecule has 0 aromatic carbocycles. The Hall–Kier alpha value is -1.08. The van der Waals surface area contributed by atoms with Gasteiger partial charge < -0.3 is 4.84 Å². The summed E-state index contributed by atoms with van der Waals surface area (Å²) in [6, 6.07) is 2.32. The maximum Gasteiger partial charge on any atom is 0.330 e. The van der Waals surface area contributed by atoms with Crippen LogP contribution in [0.25, 0.3) is 0 Å². The van der Waals surface area contributed by atoms with Gasteiger partial charge in [0.25, 0.3) is 0 Å². The average molecular weight is 224 g/mol. The summed E-state index contributed by atoms with van der Waals surface area (Å²) in [5, 5.41) is 10.6. The molecule has 1 fully saturated rings. The zero-order chi connectivity index (χ0) is 12.4. The maximum atomic E-state index is 11.6. The number of piperidine rings is 1. The summed E-state index contributed by atoms with van der Waals surface area (Å²) in [6.07, 6.45) is 1.50. The van der Waals surface area contributed by atoms with Crippen molar-refractivity contribution >= 4 is 5.97 Å². The van der Waals surface area contributed by atoms with E-state index < -0.39 is 5.41 Å². The molecule has 0 unspecified atom stereocenters. The minimum atomic E-state index is -0.476. The van der Waals surface area contributed by atoms with E-state index in [0.29, 0.717) is 13.1 Å². The number of carbonyl (C=O) groups excluding carboxylic acids is 1. The number of hydroxylamine groups is 2. The molecule has 0 saturated carbocycles. The quantitative estimate of drug-likeness (QED) is 0.684. The van der Waals surface area contributed by atoms with Gasteiger partial charge in [-0.15, -0.1) is 5.06 Å². The smallest absolute Gasteiger partial charge is 0.330 e. The number of carbonyl (C=O) groups is 1. The Balaban J connectivity index is 2.45. The Kier molecular flexibility index (Phi) is 3.59. The molecule has 1 aliphatic rings. The van der Waals surface area contributed by atoms with E-state index in [1.165, 1.54) is 0 Å². The molecule has 16 heavy (non-hydrogen) atoms. The van der Waals surface area contributed by atoms with Crippen molar-refractivity contribution in [2.45, 2.75) is 40.5 Å². The van der Waals surface area contributed by atoms with E-state index in [0.717, 1.165) is 12.8 Å². The fraction of sp³-hybridized carbons (Fsp3) is 0.833. The van der Waals surface area contributed by atoms with Crippen molar-refractivity contribution < 1.29 is 9.63 Å². The van der Waals surface area contributed by atoms with E-state index >= 15 is 0 Å². The Labute approximate surface area is 97.1 Å². The fourth-order valence-corrected chi connectivity index (χ4v) is 1.44. The lowest BCUT2D eigenvalue weighted by Gasteiger charge is -2.34. The van der Waals surface area contributed by atoms with Crippen LogP contribution in [0, 0.1) is 22.2 Å². The summed E-state index contributed by atoms with van der Waals surface area (Å²) in [7, 11) is 0. The van der Waals surface area contributed by atoms with Gasteiger partial charge in [-0.05, 0) is 40.5 Å². The largest absolute Gasteiger partial charge is 0.367 e. The molecule has 0 N–H and O–H groups in total. The summed E-state index contributed by atoms with van der Waals surface area (Å²) in [4.78, 5) is 16.9. The van der Waals surface area contributed by atoms with Crippen LogP contribution in [0.4, 0.5) is 0 Å². The van der Waals surface area contributed by atoms with E-state index in [9.17, 15) is 4.79 Å². The molecule has 0 spiro atoms. The number of nitrogens with zero attached hydrogens (tertiary/aromatic N) is 2. The molecule has 1 rings (SSSR count). The summed E-state index contributed by atoms with van der Waals surface area (Å²) >= 11 is 0. The first-order chi connectivity index (χ1) is 7.27. The van der Waals surface area contributed by atoms with Crippen LogP contribution in [-0.2, 0) is 9.63 Å². The van der Waals surface area contributed by atoms with Gasteiger partial charge in [0.2, 0.25) is 0 Å². The Morgan fingerprint density at radius 2 is 1.88 bits per heavy atom. The van der Waals surface area contributed by atoms with Crippen molar-refractivity contribution in [2.75, 3.05) is 13.1 Å². The highest BCUT2D eigenvalue weighted by molar-refractivity contribution is 5.75. The lowest BCUT2D eigenvalue weighted by atomic mass is 9.83. The molecular formula is C12H20N2O2. The highest BCUT2D eigenvalue weighted by atomic mass is 16.7. The summed E-state index contributed by atoms with van der Waals surface area (Å²) in [6.45, 7) is 8.74. The first kappa shape index (κ1) is 13.0. The van der Waals surface area contributed by atoms with Crippen molar-refractivity contribution in [3.63, 3.8) is 0 Å². The van der Waals surface area contributed by atoms with Gasteiger partial charge in [0.15, 0.2) is 0 Å². The standard InChI is InChI=1S/C12H20N2O2/c1-11(2,3)10(15)16-14-7-5-12(4,9-13)6-8-14/h5-8H2,1-4H3. The molecule has 1 saturated heterocycles. The predicted octanol–water partition coefficient (Wildman–Crippen LogP) is 2.12. The monoisotopic (exact) mass is 224 g/mol. The average Bonchev–Trinajstić information content (AvgIpc) is 2.20. The summed E-state index contributed by atoms with van der Waals surface area (Å²) in [5.74, 6) is -0.215. The summed E-state index contributed by atoms with van der Waals surface area (Å²) in [5.41, 5.74) is -0.735. The van der Waals surface area contributed by atoms with Crippen LogP contribution in [0.1, 0.15) is 40.5 Å². The Morgan fingerprint density at radius 1 is 1.38 bits per heavy atom. The minimum absolute atomic E-state index is 0.215. The van der Waals surface area contributed by atoms with E-state index in [-0.39, 0.29) is 11.4 Å². The molecule has 1 aliphatic heterocycles. The SMILES string of the molecule is CC1(C#N)CCN(OC(=O)C(C)(C)C)CC1. The van der Waals surface area contributed by atoms with Gasteiger partial charge in [0, 0.05) is 13.1 Å². The molecule has 0 amide bonds. The van der Waals surface area contributed by atoms with Gasteiger partial charge in [0.1, 0.15) is 0 Å². The van der Waals surface area contributed by atoms with Crippen LogP contribution < -0.4 is 0 Å². The van der Waals surface area contributed by atoms with Gasteiger partial charge in [-0.1, -0.05) is 0 Å². The lowest BCUT2D eigenvalue weighted by molar-refractivity contribution is -0.207. The normalized spacial score (nSPS) is 21.2. The molecule has 4 heteroatoms. The Morgan fingerprint density at radius 3 is 2.25 bits per heavy atom. The fourth-order valence-electron chi connectivity index (χ4n) is 1.44. The molecule has 0 radical (unpaired) electrons. The molecule has 0 aromatic heterocycles. The topological polar surface area (TPSA) is 53.3 Å². The second-order valence-electron chi connectivity index (χ2n) is 5.73. The molecule has 0 bridgehead atoms.